The lowest BCUT2D eigenvalue weighted by Crippen LogP contribution is -2.37. The zero-order valence-corrected chi connectivity index (χ0v) is 15.2. The normalized spacial score (nSPS) is 8.83. The van der Waals surface area contributed by atoms with E-state index in [1.165, 1.54) is 0 Å². The van der Waals surface area contributed by atoms with Gasteiger partial charge in [-0.1, -0.05) is 0 Å². The molecule has 0 fully saturated rings. The van der Waals surface area contributed by atoms with Gasteiger partial charge in [0.1, 0.15) is 26.4 Å². The van der Waals surface area contributed by atoms with Crippen molar-refractivity contribution in [1.29, 1.82) is 0 Å². The van der Waals surface area contributed by atoms with Gasteiger partial charge in [0.25, 0.3) is 0 Å². The lowest BCUT2D eigenvalue weighted by atomic mass is 9.93. The first-order chi connectivity index (χ1) is 13.3. The fraction of sp³-hybridized carbons (Fsp3) is 0.692. The average Bonchev–Trinajstić information content (AvgIpc) is 2.71. The van der Waals surface area contributed by atoms with Crippen LogP contribution < -0.4 is 0 Å². The fourth-order valence-electron chi connectivity index (χ4n) is 0.300. The second-order valence-electron chi connectivity index (χ2n) is 4.34. The van der Waals surface area contributed by atoms with Gasteiger partial charge in [-0.2, -0.15) is 0 Å². The van der Waals surface area contributed by atoms with Crippen LogP contribution in [0.15, 0.2) is 0 Å². The molecule has 0 amide bonds. The van der Waals surface area contributed by atoms with E-state index < -0.39 is 82.1 Å². The van der Waals surface area contributed by atoms with Gasteiger partial charge in [0.15, 0.2) is 0 Å². The van der Waals surface area contributed by atoms with Crippen molar-refractivity contribution in [1.82, 2.24) is 0 Å². The van der Waals surface area contributed by atoms with Crippen LogP contribution in [0.25, 0.3) is 0 Å². The van der Waals surface area contributed by atoms with Crippen LogP contribution in [-0.2, 0) is 19.2 Å². The number of carboxylic acid groups (broad SMARTS) is 4. The van der Waals surface area contributed by atoms with Gasteiger partial charge in [0.2, 0.25) is 0 Å². The molecule has 0 saturated heterocycles. The van der Waals surface area contributed by atoms with Gasteiger partial charge in [-0.15, -0.1) is 0 Å². The van der Waals surface area contributed by atoms with E-state index in [-0.39, 0.29) is 0 Å². The highest BCUT2D eigenvalue weighted by Gasteiger charge is 2.26. The minimum absolute atomic E-state index is 0.406. The highest BCUT2D eigenvalue weighted by Crippen LogP contribution is 2.11. The van der Waals surface area contributed by atoms with Crippen molar-refractivity contribution >= 4 is 23.9 Å². The second-order valence-corrected chi connectivity index (χ2v) is 4.34. The monoisotopic (exact) mass is 440 g/mol. The number of hydrogen-bond acceptors (Lipinski definition) is 12. The number of carbonyl (C=O) groups is 4. The molecule has 29 heavy (non-hydrogen) atoms. The first-order valence-electron chi connectivity index (χ1n) is 7.07. The van der Waals surface area contributed by atoms with Crippen LogP contribution in [-0.4, -0.2) is 138 Å². The Labute approximate surface area is 163 Å². The standard InChI is InChI=1S/C5H12O4.4C2H4O3/c6-1-5(2-7,3-8)4-9;4*3-1-2(4)5/h6-9H,1-4H2;4*3H,1H2,(H,4,5). The maximum atomic E-state index is 9.12. The molecular formula is C13H28O16. The smallest absolute Gasteiger partial charge is 0.329 e. The predicted molar refractivity (Wildman–Crippen MR) is 89.7 cm³/mol. The average molecular weight is 440 g/mol. The second kappa shape index (κ2) is 27.8. The topological polar surface area (TPSA) is 311 Å². The van der Waals surface area contributed by atoms with E-state index >= 15 is 0 Å². The molecule has 0 aromatic carbocycles. The van der Waals surface area contributed by atoms with Crippen LogP contribution in [0, 0.1) is 5.41 Å². The van der Waals surface area contributed by atoms with Gasteiger partial charge in [-0.25, -0.2) is 19.2 Å². The van der Waals surface area contributed by atoms with Crippen LogP contribution in [0.5, 0.6) is 0 Å². The van der Waals surface area contributed by atoms with Crippen LogP contribution in [0.3, 0.4) is 0 Å². The summed E-state index contributed by atoms with van der Waals surface area (Å²) < 4.78 is 0. The van der Waals surface area contributed by atoms with Crippen LogP contribution in [0.2, 0.25) is 0 Å². The molecule has 0 bridgehead atoms. The molecule has 0 aliphatic rings. The van der Waals surface area contributed by atoms with Gasteiger partial charge in [-0.05, 0) is 0 Å². The summed E-state index contributed by atoms with van der Waals surface area (Å²) in [4.78, 5) is 36.5. The molecule has 0 unspecified atom stereocenters. The summed E-state index contributed by atoms with van der Waals surface area (Å²) in [5.74, 6) is -4.76. The lowest BCUT2D eigenvalue weighted by molar-refractivity contribution is -0.141. The largest absolute Gasteiger partial charge is 0.480 e. The van der Waals surface area contributed by atoms with Crippen molar-refractivity contribution in [3.05, 3.63) is 0 Å². The lowest BCUT2D eigenvalue weighted by Gasteiger charge is -2.23. The summed E-state index contributed by atoms with van der Waals surface area (Å²) in [6.45, 7) is -4.74. The zero-order chi connectivity index (χ0) is 24.5. The number of aliphatic carboxylic acids is 4. The van der Waals surface area contributed by atoms with Crippen molar-refractivity contribution in [2.45, 2.75) is 0 Å². The van der Waals surface area contributed by atoms with Gasteiger partial charge in [0, 0.05) is 0 Å². The molecular weight excluding hydrogens is 412 g/mol. The van der Waals surface area contributed by atoms with Gasteiger partial charge >= 0.3 is 23.9 Å². The zero-order valence-electron chi connectivity index (χ0n) is 15.2. The third-order valence-corrected chi connectivity index (χ3v) is 1.88. The van der Waals surface area contributed by atoms with Crippen molar-refractivity contribution in [2.75, 3.05) is 52.9 Å². The molecule has 176 valence electrons. The predicted octanol–water partition coefficient (Wildman–Crippen LogP) is -5.80. The molecule has 0 aromatic heterocycles. The maximum Gasteiger partial charge on any atom is 0.329 e. The molecule has 0 aromatic rings. The Morgan fingerprint density at radius 3 is 0.517 bits per heavy atom. The van der Waals surface area contributed by atoms with E-state index in [2.05, 4.69) is 0 Å². The van der Waals surface area contributed by atoms with Crippen LogP contribution in [0.1, 0.15) is 0 Å². The fourth-order valence-corrected chi connectivity index (χ4v) is 0.300. The van der Waals surface area contributed by atoms with Crippen molar-refractivity contribution in [3.8, 4) is 0 Å². The van der Waals surface area contributed by atoms with E-state index in [1.807, 2.05) is 0 Å². The van der Waals surface area contributed by atoms with E-state index in [4.69, 9.17) is 80.5 Å². The summed E-state index contributed by atoms with van der Waals surface area (Å²) in [5.41, 5.74) is -1.11. The number of carboxylic acids is 4. The Hall–Kier alpha value is -2.44. The molecule has 0 spiro atoms. The minimum Gasteiger partial charge on any atom is -0.480 e. The molecule has 0 heterocycles. The highest BCUT2D eigenvalue weighted by atomic mass is 16.4. The van der Waals surface area contributed by atoms with Gasteiger partial charge in [0.05, 0.1) is 31.8 Å². The highest BCUT2D eigenvalue weighted by molar-refractivity contribution is 5.68. The Morgan fingerprint density at radius 1 is 0.414 bits per heavy atom. The van der Waals surface area contributed by atoms with Crippen molar-refractivity contribution in [3.63, 3.8) is 0 Å². The number of aliphatic hydroxyl groups excluding tert-OH is 8. The molecule has 0 atom stereocenters. The number of rotatable bonds is 8. The Balaban J connectivity index is -0.0000000853. The Bertz CT molecular complexity index is 332. The quantitative estimate of drug-likeness (QED) is 0.167. The molecule has 0 aliphatic heterocycles. The van der Waals surface area contributed by atoms with Gasteiger partial charge < -0.3 is 61.3 Å². The van der Waals surface area contributed by atoms with E-state index in [0.29, 0.717) is 0 Å². The molecule has 0 rings (SSSR count). The summed E-state index contributed by atoms with van der Waals surface area (Å²) in [6, 6.07) is 0. The van der Waals surface area contributed by atoms with Crippen LogP contribution in [0.4, 0.5) is 0 Å². The molecule has 12 N–H and O–H groups in total. The molecule has 0 aliphatic carbocycles. The SMILES string of the molecule is O=C(O)CO.O=C(O)CO.O=C(O)CO.O=C(O)CO.OCC(CO)(CO)CO. The Kier molecular flexibility index (Phi) is 35.8. The molecule has 0 saturated carbocycles. The van der Waals surface area contributed by atoms with Crippen molar-refractivity contribution < 1.29 is 80.5 Å². The molecule has 0 radical (unpaired) electrons. The van der Waals surface area contributed by atoms with E-state index in [1.54, 1.807) is 0 Å². The summed E-state index contributed by atoms with van der Waals surface area (Å²) in [5, 5.41) is 94.1. The molecule has 16 heteroatoms. The third-order valence-electron chi connectivity index (χ3n) is 1.88. The first-order valence-corrected chi connectivity index (χ1v) is 7.07. The van der Waals surface area contributed by atoms with E-state index in [0.717, 1.165) is 0 Å². The van der Waals surface area contributed by atoms with Gasteiger partial charge in [-0.3, -0.25) is 0 Å². The third kappa shape index (κ3) is 46.0. The number of aliphatic hydroxyl groups is 8. The minimum atomic E-state index is -1.19. The summed E-state index contributed by atoms with van der Waals surface area (Å²) >= 11 is 0. The Morgan fingerprint density at radius 2 is 0.517 bits per heavy atom. The summed E-state index contributed by atoms with van der Waals surface area (Å²) in [6.07, 6.45) is 0. The van der Waals surface area contributed by atoms with Crippen molar-refractivity contribution in [2.24, 2.45) is 5.41 Å². The van der Waals surface area contributed by atoms with Crippen LogP contribution >= 0.6 is 0 Å². The first kappa shape index (κ1) is 37.3. The maximum absolute atomic E-state index is 9.12. The summed E-state index contributed by atoms with van der Waals surface area (Å²) in [7, 11) is 0. The number of hydrogen-bond donors (Lipinski definition) is 12. The van der Waals surface area contributed by atoms with E-state index in [9.17, 15) is 0 Å². The molecule has 16 nitrogen and oxygen atoms in total.